The van der Waals surface area contributed by atoms with E-state index in [0.29, 0.717) is 17.0 Å². The summed E-state index contributed by atoms with van der Waals surface area (Å²) >= 11 is 0. The van der Waals surface area contributed by atoms with E-state index in [-0.39, 0.29) is 5.82 Å². The first-order chi connectivity index (χ1) is 17.0. The predicted octanol–water partition coefficient (Wildman–Crippen LogP) is 7.84. The monoisotopic (exact) mass is 478 g/mol. The molecule has 0 unspecified atom stereocenters. The van der Waals surface area contributed by atoms with E-state index in [0.717, 1.165) is 50.1 Å². The third kappa shape index (κ3) is 9.77. The average Bonchev–Trinajstić information content (AvgIpc) is 2.86. The Morgan fingerprint density at radius 1 is 0.857 bits per heavy atom. The molecule has 190 valence electrons. The minimum absolute atomic E-state index is 0.277. The summed E-state index contributed by atoms with van der Waals surface area (Å²) in [4.78, 5) is 11.8. The molecule has 0 aliphatic heterocycles. The molecule has 4 nitrogen and oxygen atoms in total. The van der Waals surface area contributed by atoms with Gasteiger partial charge in [-0.3, -0.25) is 0 Å². The predicted molar refractivity (Wildman–Crippen MR) is 150 cm³/mol. The van der Waals surface area contributed by atoms with Gasteiger partial charge in [0.25, 0.3) is 0 Å². The summed E-state index contributed by atoms with van der Waals surface area (Å²) in [6, 6.07) is 13.1. The van der Waals surface area contributed by atoms with Gasteiger partial charge in [-0.1, -0.05) is 71.4 Å². The number of nitrogens with zero attached hydrogens (tertiary/aromatic N) is 3. The molecule has 0 atom stereocenters. The van der Waals surface area contributed by atoms with E-state index in [1.54, 1.807) is 6.07 Å². The molecule has 35 heavy (non-hydrogen) atoms. The number of benzene rings is 2. The van der Waals surface area contributed by atoms with Gasteiger partial charge in [0.2, 0.25) is 0 Å². The number of nitrogens with one attached hydrogen (secondary N) is 1. The lowest BCUT2D eigenvalue weighted by atomic mass is 10.1. The van der Waals surface area contributed by atoms with Gasteiger partial charge in [0.05, 0.1) is 5.52 Å². The molecule has 0 fully saturated rings. The zero-order valence-electron chi connectivity index (χ0n) is 22.3. The van der Waals surface area contributed by atoms with Crippen LogP contribution >= 0.6 is 0 Å². The number of rotatable bonds is 12. The molecule has 3 rings (SSSR count). The molecule has 0 saturated carbocycles. The van der Waals surface area contributed by atoms with Crippen LogP contribution in [0.5, 0.6) is 0 Å². The van der Waals surface area contributed by atoms with Crippen LogP contribution in [0.1, 0.15) is 77.3 Å². The number of aryl methyl sites for hydroxylation is 1. The van der Waals surface area contributed by atoms with Crippen LogP contribution in [0.4, 0.5) is 10.2 Å². The fourth-order valence-corrected chi connectivity index (χ4v) is 3.84. The van der Waals surface area contributed by atoms with Crippen LogP contribution in [0.25, 0.3) is 23.1 Å². The van der Waals surface area contributed by atoms with Gasteiger partial charge in [-0.05, 0) is 80.7 Å². The number of anilines is 1. The maximum absolute atomic E-state index is 13.9. The molecule has 5 heteroatoms. The van der Waals surface area contributed by atoms with Gasteiger partial charge in [-0.2, -0.15) is 0 Å². The van der Waals surface area contributed by atoms with E-state index < -0.39 is 0 Å². The highest BCUT2D eigenvalue weighted by atomic mass is 19.1. The maximum Gasteiger partial charge on any atom is 0.154 e. The lowest BCUT2D eigenvalue weighted by Crippen LogP contribution is -2.27. The Kier molecular flexibility index (Phi) is 13.0. The van der Waals surface area contributed by atoms with Crippen molar-refractivity contribution in [1.29, 1.82) is 0 Å². The highest BCUT2D eigenvalue weighted by Crippen LogP contribution is 2.22. The van der Waals surface area contributed by atoms with Crippen molar-refractivity contribution in [2.45, 2.75) is 66.7 Å². The molecule has 1 heterocycles. The summed E-state index contributed by atoms with van der Waals surface area (Å²) in [5.41, 5.74) is 3.16. The second-order valence-corrected chi connectivity index (χ2v) is 8.85. The average molecular weight is 479 g/mol. The van der Waals surface area contributed by atoms with Crippen molar-refractivity contribution in [3.8, 4) is 0 Å². The summed E-state index contributed by atoms with van der Waals surface area (Å²) in [7, 11) is 0. The van der Waals surface area contributed by atoms with Crippen molar-refractivity contribution in [3.05, 3.63) is 65.2 Å². The van der Waals surface area contributed by atoms with Crippen molar-refractivity contribution in [2.75, 3.05) is 31.5 Å². The Balaban J connectivity index is 0.00000137. The zero-order chi connectivity index (χ0) is 25.5. The van der Waals surface area contributed by atoms with Crippen molar-refractivity contribution in [1.82, 2.24) is 14.9 Å². The summed E-state index contributed by atoms with van der Waals surface area (Å²) < 4.78 is 13.9. The summed E-state index contributed by atoms with van der Waals surface area (Å²) in [6.07, 6.45) is 9.55. The molecule has 1 N–H and O–H groups in total. The maximum atomic E-state index is 13.9. The van der Waals surface area contributed by atoms with Gasteiger partial charge in [0.1, 0.15) is 11.6 Å². The lowest BCUT2D eigenvalue weighted by molar-refractivity contribution is 0.274. The van der Waals surface area contributed by atoms with Gasteiger partial charge in [0, 0.05) is 11.9 Å². The van der Waals surface area contributed by atoms with Crippen molar-refractivity contribution < 1.29 is 4.39 Å². The number of halogens is 1. The van der Waals surface area contributed by atoms with Crippen LogP contribution in [-0.4, -0.2) is 41.0 Å². The van der Waals surface area contributed by atoms with E-state index in [1.807, 2.05) is 12.2 Å². The SMILES string of the molecule is CCC.CCCN(CCC)CCCNc1nc(/C=C/c2ccc(CC)cc2)nc2ccc(F)cc12. The van der Waals surface area contributed by atoms with Crippen LogP contribution in [-0.2, 0) is 6.42 Å². The van der Waals surface area contributed by atoms with Crippen LogP contribution in [0, 0.1) is 5.82 Å². The Morgan fingerprint density at radius 2 is 1.54 bits per heavy atom. The summed E-state index contributed by atoms with van der Waals surface area (Å²) in [5.74, 6) is 1.03. The quantitative estimate of drug-likeness (QED) is 0.269. The van der Waals surface area contributed by atoms with Crippen molar-refractivity contribution in [3.63, 3.8) is 0 Å². The number of hydrogen-bond donors (Lipinski definition) is 1. The summed E-state index contributed by atoms with van der Waals surface area (Å²) in [6.45, 7) is 14.9. The second kappa shape index (κ2) is 16.0. The third-order valence-electron chi connectivity index (χ3n) is 5.51. The van der Waals surface area contributed by atoms with Gasteiger partial charge in [-0.25, -0.2) is 14.4 Å². The van der Waals surface area contributed by atoms with E-state index >= 15 is 0 Å². The molecular formula is C30H43FN4. The Hall–Kier alpha value is -2.79. The Labute approximate surface area is 211 Å². The molecular weight excluding hydrogens is 435 g/mol. The molecule has 0 amide bonds. The van der Waals surface area contributed by atoms with Gasteiger partial charge < -0.3 is 10.2 Å². The first-order valence-electron chi connectivity index (χ1n) is 13.2. The Bertz CT molecular complexity index is 1020. The molecule has 0 radical (unpaired) electrons. The largest absolute Gasteiger partial charge is 0.369 e. The fraction of sp³-hybridized carbons (Fsp3) is 0.467. The molecule has 2 aromatic carbocycles. The highest BCUT2D eigenvalue weighted by Gasteiger charge is 2.08. The van der Waals surface area contributed by atoms with Gasteiger partial charge >= 0.3 is 0 Å². The minimum Gasteiger partial charge on any atom is -0.369 e. The van der Waals surface area contributed by atoms with Crippen LogP contribution in [0.15, 0.2) is 42.5 Å². The highest BCUT2D eigenvalue weighted by molar-refractivity contribution is 5.90. The summed E-state index contributed by atoms with van der Waals surface area (Å²) in [5, 5.41) is 4.15. The van der Waals surface area contributed by atoms with Gasteiger partial charge in [0.15, 0.2) is 5.82 Å². The lowest BCUT2D eigenvalue weighted by Gasteiger charge is -2.21. The zero-order valence-corrected chi connectivity index (χ0v) is 22.3. The molecule has 1 aromatic heterocycles. The first-order valence-corrected chi connectivity index (χ1v) is 13.2. The van der Waals surface area contributed by atoms with Crippen molar-refractivity contribution >= 4 is 28.9 Å². The van der Waals surface area contributed by atoms with Crippen LogP contribution in [0.2, 0.25) is 0 Å². The van der Waals surface area contributed by atoms with E-state index in [1.165, 1.54) is 37.0 Å². The van der Waals surface area contributed by atoms with E-state index in [9.17, 15) is 4.39 Å². The molecule has 3 aromatic rings. The van der Waals surface area contributed by atoms with E-state index in [2.05, 4.69) is 74.1 Å². The first kappa shape index (κ1) is 28.4. The fourth-order valence-electron chi connectivity index (χ4n) is 3.84. The van der Waals surface area contributed by atoms with Crippen LogP contribution < -0.4 is 5.32 Å². The van der Waals surface area contributed by atoms with Crippen LogP contribution in [0.3, 0.4) is 0 Å². The molecule has 0 spiro atoms. The standard InChI is InChI=1S/C27H35FN4.C3H8/c1-4-17-32(18-5-2)19-7-16-29-27-24-20-23(28)13-14-25(24)30-26(31-27)15-12-22-10-8-21(6-3)9-11-22;1-3-2/h8-15,20H,4-7,16-19H2,1-3H3,(H,29,30,31);3H2,1-2H3/b15-12+;. The molecule has 0 aliphatic carbocycles. The number of fused-ring (bicyclic) bond motifs is 1. The number of hydrogen-bond acceptors (Lipinski definition) is 4. The Morgan fingerprint density at radius 3 is 2.17 bits per heavy atom. The van der Waals surface area contributed by atoms with E-state index in [4.69, 9.17) is 4.98 Å². The normalized spacial score (nSPS) is 11.2. The minimum atomic E-state index is -0.277. The smallest absolute Gasteiger partial charge is 0.154 e. The van der Waals surface area contributed by atoms with Crippen molar-refractivity contribution in [2.24, 2.45) is 0 Å². The molecule has 0 aliphatic rings. The topological polar surface area (TPSA) is 41.0 Å². The molecule has 0 bridgehead atoms. The number of aromatic nitrogens is 2. The third-order valence-corrected chi connectivity index (χ3v) is 5.51. The second-order valence-electron chi connectivity index (χ2n) is 8.85. The van der Waals surface area contributed by atoms with Gasteiger partial charge in [-0.15, -0.1) is 0 Å². The molecule has 0 saturated heterocycles.